The number of aromatic nitrogens is 1. The van der Waals surface area contributed by atoms with Crippen molar-refractivity contribution in [3.05, 3.63) is 41.2 Å². The predicted octanol–water partition coefficient (Wildman–Crippen LogP) is 3.49. The van der Waals surface area contributed by atoms with Crippen molar-refractivity contribution in [2.75, 3.05) is 0 Å². The Bertz CT molecular complexity index is 639. The van der Waals surface area contributed by atoms with Crippen molar-refractivity contribution in [1.29, 1.82) is 0 Å². The fourth-order valence-electron chi connectivity index (χ4n) is 2.54. The normalized spacial score (nSPS) is 15.7. The molecule has 104 valence electrons. The van der Waals surface area contributed by atoms with E-state index in [1.807, 2.05) is 24.3 Å². The third-order valence-electron chi connectivity index (χ3n) is 3.61. The summed E-state index contributed by atoms with van der Waals surface area (Å²) >= 11 is 6.04. The zero-order valence-electron chi connectivity index (χ0n) is 10.9. The summed E-state index contributed by atoms with van der Waals surface area (Å²) < 4.78 is 0. The van der Waals surface area contributed by atoms with E-state index in [0.29, 0.717) is 10.7 Å². The summed E-state index contributed by atoms with van der Waals surface area (Å²) in [6.45, 7) is 0. The monoisotopic (exact) mass is 290 g/mol. The van der Waals surface area contributed by atoms with Gasteiger partial charge in [-0.15, -0.1) is 0 Å². The van der Waals surface area contributed by atoms with Crippen molar-refractivity contribution in [1.82, 2.24) is 10.5 Å². The first kappa shape index (κ1) is 13.3. The predicted molar refractivity (Wildman–Crippen MR) is 77.6 cm³/mol. The number of rotatable bonds is 3. The number of hydrogen-bond donors (Lipinski definition) is 1. The molecule has 0 spiro atoms. The van der Waals surface area contributed by atoms with Gasteiger partial charge >= 0.3 is 0 Å². The molecule has 0 bridgehead atoms. The molecule has 1 aromatic heterocycles. The fraction of sp³-hybridized carbons (Fsp3) is 0.333. The van der Waals surface area contributed by atoms with E-state index in [-0.39, 0.29) is 12.0 Å². The summed E-state index contributed by atoms with van der Waals surface area (Å²) in [6, 6.07) is 7.44. The average molecular weight is 291 g/mol. The van der Waals surface area contributed by atoms with Gasteiger partial charge in [0.25, 0.3) is 5.91 Å². The van der Waals surface area contributed by atoms with Crippen molar-refractivity contribution in [3.8, 4) is 0 Å². The van der Waals surface area contributed by atoms with Crippen molar-refractivity contribution in [3.63, 3.8) is 0 Å². The topological polar surface area (TPSA) is 51.2 Å². The summed E-state index contributed by atoms with van der Waals surface area (Å²) in [6.07, 6.45) is 5.93. The number of nitrogens with one attached hydrogen (secondary N) is 1. The molecule has 2 aromatic rings. The van der Waals surface area contributed by atoms with Crippen LogP contribution in [-0.4, -0.2) is 17.0 Å². The highest BCUT2D eigenvalue weighted by molar-refractivity contribution is 6.34. The Balaban J connectivity index is 1.82. The van der Waals surface area contributed by atoms with Gasteiger partial charge in [-0.25, -0.2) is 10.5 Å². The molecule has 0 unspecified atom stereocenters. The highest BCUT2D eigenvalue weighted by Crippen LogP contribution is 2.24. The van der Waals surface area contributed by atoms with Gasteiger partial charge in [-0.2, -0.15) is 0 Å². The Kier molecular flexibility index (Phi) is 3.85. The molecule has 0 atom stereocenters. The first-order valence-corrected chi connectivity index (χ1v) is 7.13. The van der Waals surface area contributed by atoms with Crippen LogP contribution < -0.4 is 5.48 Å². The van der Waals surface area contributed by atoms with Gasteiger partial charge in [-0.1, -0.05) is 48.7 Å². The van der Waals surface area contributed by atoms with E-state index >= 15 is 0 Å². The number of hydrogen-bond acceptors (Lipinski definition) is 3. The van der Waals surface area contributed by atoms with Crippen LogP contribution in [0.25, 0.3) is 10.8 Å². The second-order valence-corrected chi connectivity index (χ2v) is 5.32. The lowest BCUT2D eigenvalue weighted by Gasteiger charge is -2.12. The molecule has 1 amide bonds. The zero-order valence-corrected chi connectivity index (χ0v) is 11.7. The Morgan fingerprint density at radius 2 is 1.95 bits per heavy atom. The van der Waals surface area contributed by atoms with Crippen LogP contribution in [0.1, 0.15) is 36.0 Å². The molecule has 0 radical (unpaired) electrons. The molecule has 1 fully saturated rings. The van der Waals surface area contributed by atoms with Crippen molar-refractivity contribution in [2.45, 2.75) is 31.8 Å². The molecule has 1 aliphatic carbocycles. The summed E-state index contributed by atoms with van der Waals surface area (Å²) in [5, 5.41) is 1.94. The average Bonchev–Trinajstić information content (AvgIpc) is 2.99. The van der Waals surface area contributed by atoms with E-state index in [9.17, 15) is 4.79 Å². The van der Waals surface area contributed by atoms with Crippen LogP contribution in [-0.2, 0) is 4.84 Å². The summed E-state index contributed by atoms with van der Waals surface area (Å²) in [4.78, 5) is 21.7. The Morgan fingerprint density at radius 1 is 1.25 bits per heavy atom. The third kappa shape index (κ3) is 2.62. The second-order valence-electron chi connectivity index (χ2n) is 4.96. The molecule has 20 heavy (non-hydrogen) atoms. The van der Waals surface area contributed by atoms with Crippen LogP contribution in [0.4, 0.5) is 0 Å². The van der Waals surface area contributed by atoms with E-state index in [2.05, 4.69) is 10.5 Å². The second kappa shape index (κ2) is 5.77. The molecule has 0 saturated heterocycles. The molecule has 1 heterocycles. The largest absolute Gasteiger partial charge is 0.277 e. The molecule has 0 aliphatic heterocycles. The standard InChI is InChI=1S/C15H15ClN2O2/c16-14-12-8-4-3-7-11(12)13(9-17-14)15(19)18-20-10-5-1-2-6-10/h3-4,7-10H,1-2,5-6H2,(H,18,19). The fourth-order valence-corrected chi connectivity index (χ4v) is 2.75. The summed E-state index contributed by atoms with van der Waals surface area (Å²) in [5.74, 6) is -0.280. The number of nitrogens with zero attached hydrogens (tertiary/aromatic N) is 1. The highest BCUT2D eigenvalue weighted by atomic mass is 35.5. The summed E-state index contributed by atoms with van der Waals surface area (Å²) in [7, 11) is 0. The molecule has 1 aliphatic rings. The first-order valence-electron chi connectivity index (χ1n) is 6.75. The molecule has 5 heteroatoms. The van der Waals surface area contributed by atoms with Crippen LogP contribution in [0.2, 0.25) is 5.15 Å². The maximum atomic E-state index is 12.2. The van der Waals surface area contributed by atoms with Gasteiger partial charge in [0.1, 0.15) is 5.15 Å². The minimum absolute atomic E-state index is 0.130. The zero-order chi connectivity index (χ0) is 13.9. The number of pyridine rings is 1. The van der Waals surface area contributed by atoms with Gasteiger partial charge in [0.15, 0.2) is 0 Å². The SMILES string of the molecule is O=C(NOC1CCCC1)c1cnc(Cl)c2ccccc12. The van der Waals surface area contributed by atoms with Gasteiger partial charge < -0.3 is 0 Å². The maximum absolute atomic E-state index is 12.2. The Labute approximate surface area is 122 Å². The van der Waals surface area contributed by atoms with E-state index in [1.165, 1.54) is 6.20 Å². The molecule has 1 aromatic carbocycles. The van der Waals surface area contributed by atoms with Gasteiger partial charge in [0, 0.05) is 11.6 Å². The van der Waals surface area contributed by atoms with Crippen LogP contribution in [0.3, 0.4) is 0 Å². The lowest BCUT2D eigenvalue weighted by atomic mass is 10.1. The van der Waals surface area contributed by atoms with E-state index in [1.54, 1.807) is 0 Å². The molecule has 4 nitrogen and oxygen atoms in total. The Hall–Kier alpha value is -1.65. The first-order chi connectivity index (χ1) is 9.75. The Morgan fingerprint density at radius 3 is 2.70 bits per heavy atom. The van der Waals surface area contributed by atoms with Crippen molar-refractivity contribution >= 4 is 28.3 Å². The lowest BCUT2D eigenvalue weighted by Crippen LogP contribution is -2.28. The lowest BCUT2D eigenvalue weighted by molar-refractivity contribution is -0.0124. The molecular weight excluding hydrogens is 276 g/mol. The van der Waals surface area contributed by atoms with Gasteiger partial charge in [0.05, 0.1) is 11.7 Å². The van der Waals surface area contributed by atoms with Crippen LogP contribution in [0.5, 0.6) is 0 Å². The van der Waals surface area contributed by atoms with Gasteiger partial charge in [0.2, 0.25) is 0 Å². The van der Waals surface area contributed by atoms with E-state index in [0.717, 1.165) is 36.5 Å². The third-order valence-corrected chi connectivity index (χ3v) is 3.91. The van der Waals surface area contributed by atoms with E-state index in [4.69, 9.17) is 16.4 Å². The van der Waals surface area contributed by atoms with Crippen LogP contribution >= 0.6 is 11.6 Å². The van der Waals surface area contributed by atoms with Crippen LogP contribution in [0.15, 0.2) is 30.5 Å². The number of carbonyl (C=O) groups is 1. The van der Waals surface area contributed by atoms with Gasteiger partial charge in [-0.3, -0.25) is 9.63 Å². The number of halogens is 1. The van der Waals surface area contributed by atoms with Crippen molar-refractivity contribution < 1.29 is 9.63 Å². The summed E-state index contributed by atoms with van der Waals surface area (Å²) in [5.41, 5.74) is 3.01. The van der Waals surface area contributed by atoms with Crippen molar-refractivity contribution in [2.24, 2.45) is 0 Å². The molecule has 1 saturated carbocycles. The number of amides is 1. The van der Waals surface area contributed by atoms with Crippen LogP contribution in [0, 0.1) is 0 Å². The smallest absolute Gasteiger partial charge is 0.270 e. The quantitative estimate of drug-likeness (QED) is 0.695. The number of hydroxylamine groups is 1. The minimum Gasteiger partial charge on any atom is -0.270 e. The molecular formula is C15H15ClN2O2. The number of fused-ring (bicyclic) bond motifs is 1. The maximum Gasteiger partial charge on any atom is 0.277 e. The number of carbonyl (C=O) groups excluding carboxylic acids is 1. The molecule has 3 rings (SSSR count). The minimum atomic E-state index is -0.280. The molecule has 1 N–H and O–H groups in total. The highest BCUT2D eigenvalue weighted by Gasteiger charge is 2.18. The van der Waals surface area contributed by atoms with E-state index < -0.39 is 0 Å². The van der Waals surface area contributed by atoms with Gasteiger partial charge in [-0.05, 0) is 18.2 Å². The number of benzene rings is 1.